The third-order valence-electron chi connectivity index (χ3n) is 4.63. The van der Waals surface area contributed by atoms with Gasteiger partial charge in [-0.3, -0.25) is 0 Å². The largest absolute Gasteiger partial charge is 0.497 e. The van der Waals surface area contributed by atoms with Gasteiger partial charge in [0.25, 0.3) is 0 Å². The van der Waals surface area contributed by atoms with Gasteiger partial charge in [0.2, 0.25) is 0 Å². The maximum atomic E-state index is 5.38. The topological polar surface area (TPSA) is 12.5 Å². The monoisotopic (exact) mass is 343 g/mol. The minimum absolute atomic E-state index is 0.869. The number of rotatable bonds is 5. The lowest BCUT2D eigenvalue weighted by molar-refractivity contribution is 0.414. The van der Waals surface area contributed by atoms with E-state index in [0.717, 1.165) is 28.3 Å². The number of hydrogen-bond donors (Lipinski definition) is 0. The van der Waals surface area contributed by atoms with Crippen LogP contribution in [0, 0.1) is 20.8 Å². The summed E-state index contributed by atoms with van der Waals surface area (Å²) in [7, 11) is 1.70. The van der Waals surface area contributed by atoms with Crippen molar-refractivity contribution < 1.29 is 4.74 Å². The van der Waals surface area contributed by atoms with E-state index in [9.17, 15) is 0 Å². The van der Waals surface area contributed by atoms with Gasteiger partial charge >= 0.3 is 0 Å². The molecule has 0 unspecified atom stereocenters. The predicted molar refractivity (Wildman–Crippen MR) is 112 cm³/mol. The molecule has 0 aliphatic rings. The van der Waals surface area contributed by atoms with Crippen LogP contribution in [0.5, 0.6) is 5.75 Å². The van der Waals surface area contributed by atoms with E-state index in [4.69, 9.17) is 4.74 Å². The van der Waals surface area contributed by atoms with Gasteiger partial charge in [0.15, 0.2) is 0 Å². The molecule has 0 N–H and O–H groups in total. The van der Waals surface area contributed by atoms with Crippen molar-refractivity contribution in [2.75, 3.05) is 12.0 Å². The third kappa shape index (κ3) is 3.50. The zero-order valence-corrected chi connectivity index (χ0v) is 15.9. The lowest BCUT2D eigenvalue weighted by Gasteiger charge is -2.29. The molecule has 0 spiro atoms. The molecular formula is C24H25NO. The number of methoxy groups -OCH3 is 1. The van der Waals surface area contributed by atoms with E-state index in [-0.39, 0.29) is 0 Å². The van der Waals surface area contributed by atoms with Crippen LogP contribution in [0.1, 0.15) is 22.3 Å². The Kier molecular flexibility index (Phi) is 5.13. The van der Waals surface area contributed by atoms with Crippen molar-refractivity contribution in [1.82, 2.24) is 0 Å². The van der Waals surface area contributed by atoms with E-state index < -0.39 is 0 Å². The number of nitrogens with zero attached hydrogens (tertiary/aromatic N) is 1. The van der Waals surface area contributed by atoms with E-state index in [1.54, 1.807) is 7.11 Å². The maximum Gasteiger partial charge on any atom is 0.119 e. The van der Waals surface area contributed by atoms with Gasteiger partial charge in [-0.05, 0) is 73.9 Å². The smallest absolute Gasteiger partial charge is 0.119 e. The van der Waals surface area contributed by atoms with E-state index in [1.807, 2.05) is 12.1 Å². The molecule has 0 bridgehead atoms. The normalized spacial score (nSPS) is 10.5. The van der Waals surface area contributed by atoms with Crippen molar-refractivity contribution in [3.8, 4) is 5.75 Å². The fourth-order valence-electron chi connectivity index (χ4n) is 3.23. The van der Waals surface area contributed by atoms with E-state index in [1.165, 1.54) is 16.8 Å². The molecule has 26 heavy (non-hydrogen) atoms. The highest BCUT2D eigenvalue weighted by atomic mass is 16.5. The number of aryl methyl sites for hydroxylation is 3. The van der Waals surface area contributed by atoms with Crippen LogP contribution in [-0.4, -0.2) is 7.11 Å². The molecule has 0 radical (unpaired) electrons. The summed E-state index contributed by atoms with van der Waals surface area (Å²) in [5.41, 5.74) is 8.22. The second kappa shape index (κ2) is 7.49. The average molecular weight is 343 g/mol. The van der Waals surface area contributed by atoms with Gasteiger partial charge in [-0.25, -0.2) is 0 Å². The van der Waals surface area contributed by atoms with Crippen LogP contribution in [0.15, 0.2) is 67.2 Å². The van der Waals surface area contributed by atoms with Gasteiger partial charge in [-0.1, -0.05) is 42.5 Å². The lowest BCUT2D eigenvalue weighted by Crippen LogP contribution is -2.12. The van der Waals surface area contributed by atoms with Crippen LogP contribution in [0.25, 0.3) is 6.08 Å². The van der Waals surface area contributed by atoms with Crippen LogP contribution in [-0.2, 0) is 0 Å². The molecule has 132 valence electrons. The highest BCUT2D eigenvalue weighted by Gasteiger charge is 2.16. The Labute approximate surface area is 156 Å². The summed E-state index contributed by atoms with van der Waals surface area (Å²) in [5.74, 6) is 0.869. The van der Waals surface area contributed by atoms with Gasteiger partial charge in [0, 0.05) is 17.1 Å². The number of benzene rings is 3. The minimum Gasteiger partial charge on any atom is -0.497 e. The highest BCUT2D eigenvalue weighted by Crippen LogP contribution is 2.39. The number of ether oxygens (including phenoxy) is 1. The van der Waals surface area contributed by atoms with E-state index in [2.05, 4.69) is 86.8 Å². The Morgan fingerprint density at radius 1 is 0.808 bits per heavy atom. The van der Waals surface area contributed by atoms with Crippen molar-refractivity contribution in [3.63, 3.8) is 0 Å². The fourth-order valence-corrected chi connectivity index (χ4v) is 3.23. The van der Waals surface area contributed by atoms with Crippen molar-refractivity contribution >= 4 is 23.1 Å². The fraction of sp³-hybridized carbons (Fsp3) is 0.167. The van der Waals surface area contributed by atoms with Crippen molar-refractivity contribution in [1.29, 1.82) is 0 Å². The van der Waals surface area contributed by atoms with Crippen molar-refractivity contribution in [3.05, 3.63) is 89.5 Å². The summed E-state index contributed by atoms with van der Waals surface area (Å²) in [6.07, 6.45) is 1.86. The SMILES string of the molecule is C=Cc1ccc(N(c2ccc(C)cc2C)c2ccc(OC)cc2C)cc1. The van der Waals surface area contributed by atoms with E-state index >= 15 is 0 Å². The Balaban J connectivity index is 2.19. The molecule has 2 heteroatoms. The van der Waals surface area contributed by atoms with Gasteiger partial charge in [0.1, 0.15) is 5.75 Å². The van der Waals surface area contributed by atoms with Crippen LogP contribution in [0.4, 0.5) is 17.1 Å². The first kappa shape index (κ1) is 17.8. The molecule has 0 aliphatic carbocycles. The third-order valence-corrected chi connectivity index (χ3v) is 4.63. The first-order valence-electron chi connectivity index (χ1n) is 8.78. The minimum atomic E-state index is 0.869. The number of hydrogen-bond acceptors (Lipinski definition) is 2. The average Bonchev–Trinajstić information content (AvgIpc) is 2.65. The Morgan fingerprint density at radius 2 is 1.42 bits per heavy atom. The van der Waals surface area contributed by atoms with Crippen molar-refractivity contribution in [2.24, 2.45) is 0 Å². The zero-order valence-electron chi connectivity index (χ0n) is 15.9. The molecule has 0 aromatic heterocycles. The van der Waals surface area contributed by atoms with Gasteiger partial charge in [-0.15, -0.1) is 0 Å². The molecule has 0 saturated heterocycles. The van der Waals surface area contributed by atoms with E-state index in [0.29, 0.717) is 0 Å². The quantitative estimate of drug-likeness (QED) is 0.509. The molecular weight excluding hydrogens is 318 g/mol. The summed E-state index contributed by atoms with van der Waals surface area (Å²) in [4.78, 5) is 2.30. The molecule has 3 aromatic rings. The summed E-state index contributed by atoms with van der Waals surface area (Å²) >= 11 is 0. The van der Waals surface area contributed by atoms with Gasteiger partial charge in [0.05, 0.1) is 7.11 Å². The van der Waals surface area contributed by atoms with Crippen LogP contribution in [0.3, 0.4) is 0 Å². The Hall–Kier alpha value is -3.00. The predicted octanol–water partition coefficient (Wildman–Crippen LogP) is 6.73. The van der Waals surface area contributed by atoms with Crippen LogP contribution in [0.2, 0.25) is 0 Å². The maximum absolute atomic E-state index is 5.38. The molecule has 0 saturated carbocycles. The van der Waals surface area contributed by atoms with Crippen LogP contribution >= 0.6 is 0 Å². The summed E-state index contributed by atoms with van der Waals surface area (Å²) in [6, 6.07) is 21.2. The second-order valence-corrected chi connectivity index (χ2v) is 6.57. The molecule has 3 rings (SSSR count). The summed E-state index contributed by atoms with van der Waals surface area (Å²) in [6.45, 7) is 10.3. The molecule has 0 aliphatic heterocycles. The first-order valence-corrected chi connectivity index (χ1v) is 8.78. The molecule has 0 fully saturated rings. The lowest BCUT2D eigenvalue weighted by atomic mass is 10.1. The standard InChI is InChI=1S/C24H25NO/c1-6-20-8-10-21(11-9-20)25(23-13-7-17(2)15-18(23)3)24-14-12-22(26-5)16-19(24)4/h6-16H,1H2,2-5H3. The number of anilines is 3. The molecule has 2 nitrogen and oxygen atoms in total. The zero-order chi connectivity index (χ0) is 18.7. The molecule has 0 atom stereocenters. The van der Waals surface area contributed by atoms with Crippen LogP contribution < -0.4 is 9.64 Å². The van der Waals surface area contributed by atoms with Gasteiger partial charge < -0.3 is 9.64 Å². The first-order chi connectivity index (χ1) is 12.5. The highest BCUT2D eigenvalue weighted by molar-refractivity contribution is 5.80. The second-order valence-electron chi connectivity index (χ2n) is 6.57. The Morgan fingerprint density at radius 3 is 1.96 bits per heavy atom. The molecule has 3 aromatic carbocycles. The molecule has 0 heterocycles. The molecule has 0 amide bonds. The van der Waals surface area contributed by atoms with Gasteiger partial charge in [-0.2, -0.15) is 0 Å². The van der Waals surface area contributed by atoms with Crippen molar-refractivity contribution in [2.45, 2.75) is 20.8 Å². The Bertz CT molecular complexity index is 925. The summed E-state index contributed by atoms with van der Waals surface area (Å²) < 4.78 is 5.38. The summed E-state index contributed by atoms with van der Waals surface area (Å²) in [5, 5.41) is 0.